The van der Waals surface area contributed by atoms with Gasteiger partial charge in [-0.1, -0.05) is 0 Å². The summed E-state index contributed by atoms with van der Waals surface area (Å²) < 4.78 is 10.5. The van der Waals surface area contributed by atoms with Crippen molar-refractivity contribution in [3.63, 3.8) is 0 Å². The molecule has 1 aliphatic rings. The molecule has 1 aliphatic heterocycles. The van der Waals surface area contributed by atoms with E-state index in [4.69, 9.17) is 9.47 Å². The maximum Gasteiger partial charge on any atom is 0.342 e. The van der Waals surface area contributed by atoms with Crippen LogP contribution in [0.2, 0.25) is 0 Å². The van der Waals surface area contributed by atoms with Gasteiger partial charge in [0.15, 0.2) is 0 Å². The van der Waals surface area contributed by atoms with Crippen LogP contribution in [0, 0.1) is 0 Å². The third-order valence-electron chi connectivity index (χ3n) is 2.09. The summed E-state index contributed by atoms with van der Waals surface area (Å²) in [6, 6.07) is 0. The Labute approximate surface area is 89.8 Å². The maximum atomic E-state index is 11.8. The molecule has 2 N–H and O–H groups in total. The topological polar surface area (TPSA) is 67.8 Å². The van der Waals surface area contributed by atoms with Crippen LogP contribution < -0.4 is 5.32 Å². The van der Waals surface area contributed by atoms with Crippen LogP contribution in [0.4, 0.5) is 0 Å². The van der Waals surface area contributed by atoms with Gasteiger partial charge in [-0.3, -0.25) is 0 Å². The monoisotopic (exact) mass is 217 g/mol. The van der Waals surface area contributed by atoms with Crippen molar-refractivity contribution in [2.24, 2.45) is 0 Å². The van der Waals surface area contributed by atoms with Crippen molar-refractivity contribution < 1.29 is 19.4 Å². The van der Waals surface area contributed by atoms with Gasteiger partial charge < -0.3 is 19.9 Å². The summed E-state index contributed by atoms with van der Waals surface area (Å²) in [5.41, 5.74) is -1.80. The molecule has 0 bridgehead atoms. The van der Waals surface area contributed by atoms with E-state index in [1.54, 1.807) is 20.8 Å². The van der Waals surface area contributed by atoms with Crippen molar-refractivity contribution in [3.8, 4) is 0 Å². The number of hydrogen-bond donors (Lipinski definition) is 2. The number of carbonyl (C=O) groups excluding carboxylic acids is 1. The van der Waals surface area contributed by atoms with Gasteiger partial charge in [-0.25, -0.2) is 4.79 Å². The Morgan fingerprint density at radius 2 is 2.27 bits per heavy atom. The van der Waals surface area contributed by atoms with Gasteiger partial charge in [0.1, 0.15) is 5.60 Å². The maximum absolute atomic E-state index is 11.8. The average molecular weight is 217 g/mol. The number of carbonyl (C=O) groups is 1. The molecule has 1 fully saturated rings. The highest BCUT2D eigenvalue weighted by atomic mass is 16.6. The van der Waals surface area contributed by atoms with Crippen LogP contribution in [0.1, 0.15) is 20.8 Å². The first kappa shape index (κ1) is 12.4. The smallest absolute Gasteiger partial charge is 0.342 e. The fraction of sp³-hybridized carbons (Fsp3) is 0.900. The predicted octanol–water partition coefficient (Wildman–Crippen LogP) is -0.321. The molecule has 5 heteroatoms. The van der Waals surface area contributed by atoms with Crippen LogP contribution in [0.3, 0.4) is 0 Å². The summed E-state index contributed by atoms with van der Waals surface area (Å²) in [5, 5.41) is 12.3. The standard InChI is InChI=1S/C10H19NO4/c1-9(2,3)15-8(13)10(7-12)6-11-4-5-14-10/h11-12H,4-7H2,1-3H3. The molecule has 0 radical (unpaired) electrons. The number of ether oxygens (including phenoxy) is 2. The third-order valence-corrected chi connectivity index (χ3v) is 2.09. The molecule has 1 heterocycles. The summed E-state index contributed by atoms with van der Waals surface area (Å²) >= 11 is 0. The number of nitrogens with one attached hydrogen (secondary N) is 1. The molecule has 0 amide bonds. The lowest BCUT2D eigenvalue weighted by Gasteiger charge is -2.35. The van der Waals surface area contributed by atoms with E-state index < -0.39 is 17.2 Å². The van der Waals surface area contributed by atoms with E-state index in [0.717, 1.165) is 0 Å². The van der Waals surface area contributed by atoms with E-state index in [1.807, 2.05) is 0 Å². The van der Waals surface area contributed by atoms with Crippen molar-refractivity contribution in [3.05, 3.63) is 0 Å². The molecule has 0 aliphatic carbocycles. The quantitative estimate of drug-likeness (QED) is 0.620. The van der Waals surface area contributed by atoms with Crippen LogP contribution >= 0.6 is 0 Å². The van der Waals surface area contributed by atoms with Gasteiger partial charge in [-0.05, 0) is 20.8 Å². The first-order valence-electron chi connectivity index (χ1n) is 5.09. The van der Waals surface area contributed by atoms with E-state index >= 15 is 0 Å². The van der Waals surface area contributed by atoms with Crippen molar-refractivity contribution >= 4 is 5.97 Å². The molecule has 1 rings (SSSR count). The van der Waals surface area contributed by atoms with Gasteiger partial charge in [0.25, 0.3) is 0 Å². The minimum absolute atomic E-state index is 0.290. The molecular formula is C10H19NO4. The van der Waals surface area contributed by atoms with Gasteiger partial charge in [0.05, 0.1) is 13.2 Å². The number of rotatable bonds is 2. The van der Waals surface area contributed by atoms with Crippen LogP contribution in [-0.4, -0.2) is 48.6 Å². The van der Waals surface area contributed by atoms with E-state index in [2.05, 4.69) is 5.32 Å². The Balaban J connectivity index is 2.68. The Kier molecular flexibility index (Phi) is 3.70. The van der Waals surface area contributed by atoms with Crippen molar-refractivity contribution in [1.29, 1.82) is 0 Å². The van der Waals surface area contributed by atoms with Crippen LogP contribution in [0.25, 0.3) is 0 Å². The fourth-order valence-electron chi connectivity index (χ4n) is 1.33. The second-order valence-electron chi connectivity index (χ2n) is 4.68. The number of esters is 1. The molecule has 1 atom stereocenters. The summed E-state index contributed by atoms with van der Waals surface area (Å²) in [7, 11) is 0. The number of aliphatic hydroxyl groups excluding tert-OH is 1. The second-order valence-corrected chi connectivity index (χ2v) is 4.68. The van der Waals surface area contributed by atoms with Crippen LogP contribution in [0.15, 0.2) is 0 Å². The lowest BCUT2D eigenvalue weighted by Crippen LogP contribution is -2.59. The van der Waals surface area contributed by atoms with Gasteiger partial charge in [0.2, 0.25) is 5.60 Å². The average Bonchev–Trinajstić information content (AvgIpc) is 2.16. The Morgan fingerprint density at radius 1 is 1.60 bits per heavy atom. The lowest BCUT2D eigenvalue weighted by atomic mass is 10.0. The number of hydrogen-bond acceptors (Lipinski definition) is 5. The Bertz CT molecular complexity index is 228. The molecule has 0 aromatic heterocycles. The number of morpholine rings is 1. The first-order chi connectivity index (χ1) is 6.90. The van der Waals surface area contributed by atoms with Gasteiger partial charge in [0, 0.05) is 13.1 Å². The Hall–Kier alpha value is -0.650. The summed E-state index contributed by atoms with van der Waals surface area (Å²) in [6.45, 7) is 6.36. The van der Waals surface area contributed by atoms with Crippen LogP contribution in [0.5, 0.6) is 0 Å². The van der Waals surface area contributed by atoms with E-state index in [-0.39, 0.29) is 6.61 Å². The zero-order valence-electron chi connectivity index (χ0n) is 9.50. The highest BCUT2D eigenvalue weighted by Crippen LogP contribution is 2.19. The first-order valence-corrected chi connectivity index (χ1v) is 5.09. The molecule has 5 nitrogen and oxygen atoms in total. The minimum atomic E-state index is -1.23. The second kappa shape index (κ2) is 4.47. The normalized spacial score (nSPS) is 27.5. The van der Waals surface area contributed by atoms with E-state index in [9.17, 15) is 9.90 Å². The summed E-state index contributed by atoms with van der Waals surface area (Å²) in [5.74, 6) is -0.510. The molecule has 0 saturated carbocycles. The highest BCUT2D eigenvalue weighted by molar-refractivity contribution is 5.80. The van der Waals surface area contributed by atoms with Crippen LogP contribution in [-0.2, 0) is 14.3 Å². The third kappa shape index (κ3) is 3.15. The molecule has 15 heavy (non-hydrogen) atoms. The summed E-state index contributed by atoms with van der Waals surface area (Å²) in [6.07, 6.45) is 0. The van der Waals surface area contributed by atoms with E-state index in [0.29, 0.717) is 19.7 Å². The van der Waals surface area contributed by atoms with E-state index in [1.165, 1.54) is 0 Å². The molecule has 1 unspecified atom stereocenters. The van der Waals surface area contributed by atoms with Crippen molar-refractivity contribution in [1.82, 2.24) is 5.32 Å². The molecule has 88 valence electrons. The summed E-state index contributed by atoms with van der Waals surface area (Å²) in [4.78, 5) is 11.8. The zero-order valence-corrected chi connectivity index (χ0v) is 9.50. The minimum Gasteiger partial charge on any atom is -0.458 e. The number of aliphatic hydroxyl groups is 1. The lowest BCUT2D eigenvalue weighted by molar-refractivity contribution is -0.192. The Morgan fingerprint density at radius 3 is 2.67 bits per heavy atom. The zero-order chi connectivity index (χ0) is 11.5. The molecule has 0 aromatic rings. The molecule has 0 spiro atoms. The SMILES string of the molecule is CC(C)(C)OC(=O)C1(CO)CNCCO1. The predicted molar refractivity (Wildman–Crippen MR) is 54.5 cm³/mol. The fourth-order valence-corrected chi connectivity index (χ4v) is 1.33. The molecular weight excluding hydrogens is 198 g/mol. The van der Waals surface area contributed by atoms with Gasteiger partial charge in [-0.2, -0.15) is 0 Å². The van der Waals surface area contributed by atoms with Gasteiger partial charge >= 0.3 is 5.97 Å². The van der Waals surface area contributed by atoms with Gasteiger partial charge in [-0.15, -0.1) is 0 Å². The molecule has 0 aromatic carbocycles. The molecule has 1 saturated heterocycles. The largest absolute Gasteiger partial charge is 0.458 e. The van der Waals surface area contributed by atoms with Crippen molar-refractivity contribution in [2.45, 2.75) is 32.0 Å². The highest BCUT2D eigenvalue weighted by Gasteiger charge is 2.43. The van der Waals surface area contributed by atoms with Crippen molar-refractivity contribution in [2.75, 3.05) is 26.3 Å².